The molecule has 0 amide bonds. The van der Waals surface area contributed by atoms with Crippen LogP contribution in [0.25, 0.3) is 0 Å². The summed E-state index contributed by atoms with van der Waals surface area (Å²) in [5.41, 5.74) is -0.205. The smallest absolute Gasteiger partial charge is 0.115 e. The molecule has 0 spiro atoms. The highest BCUT2D eigenvalue weighted by Gasteiger charge is 2.22. The van der Waals surface area contributed by atoms with E-state index in [0.29, 0.717) is 5.33 Å². The number of rotatable bonds is 1. The van der Waals surface area contributed by atoms with Gasteiger partial charge in [-0.25, -0.2) is 4.39 Å². The predicted octanol–water partition coefficient (Wildman–Crippen LogP) is 2.77. The van der Waals surface area contributed by atoms with Crippen molar-refractivity contribution in [2.75, 3.05) is 5.33 Å². The second-order valence-electron chi connectivity index (χ2n) is 2.99. The van der Waals surface area contributed by atoms with Gasteiger partial charge in [0.25, 0.3) is 0 Å². The van der Waals surface area contributed by atoms with Crippen LogP contribution in [0.15, 0.2) is 0 Å². The van der Waals surface area contributed by atoms with Crippen LogP contribution in [0, 0.1) is 5.41 Å². The summed E-state index contributed by atoms with van der Waals surface area (Å²) in [7, 11) is 0. The van der Waals surface area contributed by atoms with Crippen LogP contribution in [-0.4, -0.2) is 11.5 Å². The first kappa shape index (κ1) is 8.41. The predicted molar refractivity (Wildman–Crippen MR) is 38.1 cm³/mol. The Bertz CT molecular complexity index is 65.4. The van der Waals surface area contributed by atoms with E-state index in [9.17, 15) is 4.39 Å². The summed E-state index contributed by atoms with van der Waals surface area (Å²) in [6, 6.07) is 0. The summed E-state index contributed by atoms with van der Waals surface area (Å²) >= 11 is 3.08. The first-order valence-corrected chi connectivity index (χ1v) is 3.80. The Balaban J connectivity index is 3.62. The first-order valence-electron chi connectivity index (χ1n) is 2.68. The molecule has 0 bridgehead atoms. The van der Waals surface area contributed by atoms with Crippen LogP contribution >= 0.6 is 15.9 Å². The van der Waals surface area contributed by atoms with Crippen LogP contribution in [0.3, 0.4) is 0 Å². The first-order chi connectivity index (χ1) is 3.48. The van der Waals surface area contributed by atoms with E-state index < -0.39 is 6.17 Å². The molecule has 0 aromatic carbocycles. The van der Waals surface area contributed by atoms with Gasteiger partial charge in [0, 0.05) is 5.33 Å². The van der Waals surface area contributed by atoms with Gasteiger partial charge in [0.15, 0.2) is 0 Å². The number of hydrogen-bond acceptors (Lipinski definition) is 0. The van der Waals surface area contributed by atoms with Gasteiger partial charge in [0.05, 0.1) is 0 Å². The highest BCUT2D eigenvalue weighted by molar-refractivity contribution is 9.09. The maximum atomic E-state index is 12.6. The maximum Gasteiger partial charge on any atom is 0.115 e. The van der Waals surface area contributed by atoms with Gasteiger partial charge in [-0.2, -0.15) is 0 Å². The lowest BCUT2D eigenvalue weighted by molar-refractivity contribution is 0.188. The average molecular weight is 183 g/mol. The second-order valence-corrected chi connectivity index (χ2v) is 3.64. The van der Waals surface area contributed by atoms with E-state index >= 15 is 0 Å². The quantitative estimate of drug-likeness (QED) is 0.548. The number of alkyl halides is 2. The molecular formula is C6H12BrF. The van der Waals surface area contributed by atoms with E-state index in [-0.39, 0.29) is 5.41 Å². The Kier molecular flexibility index (Phi) is 2.95. The van der Waals surface area contributed by atoms with Gasteiger partial charge in [-0.15, -0.1) is 0 Å². The molecule has 2 heteroatoms. The average Bonchev–Trinajstić information content (AvgIpc) is 1.62. The molecule has 0 aromatic rings. The van der Waals surface area contributed by atoms with Gasteiger partial charge in [0.2, 0.25) is 0 Å². The zero-order valence-corrected chi connectivity index (χ0v) is 7.13. The fourth-order valence-corrected chi connectivity index (χ4v) is 1.20. The van der Waals surface area contributed by atoms with Crippen molar-refractivity contribution in [3.8, 4) is 0 Å². The molecule has 0 aromatic heterocycles. The third kappa shape index (κ3) is 2.65. The molecule has 0 saturated heterocycles. The van der Waals surface area contributed by atoms with Crippen molar-refractivity contribution >= 4 is 15.9 Å². The van der Waals surface area contributed by atoms with E-state index in [2.05, 4.69) is 15.9 Å². The van der Waals surface area contributed by atoms with Crippen molar-refractivity contribution in [1.29, 1.82) is 0 Å². The summed E-state index contributed by atoms with van der Waals surface area (Å²) in [5.74, 6) is 0. The lowest BCUT2D eigenvalue weighted by atomic mass is 9.92. The van der Waals surface area contributed by atoms with Crippen molar-refractivity contribution in [1.82, 2.24) is 0 Å². The summed E-state index contributed by atoms with van der Waals surface area (Å²) < 4.78 is 12.6. The summed E-state index contributed by atoms with van der Waals surface area (Å²) in [4.78, 5) is 0. The van der Waals surface area contributed by atoms with Gasteiger partial charge in [0.1, 0.15) is 6.17 Å². The topological polar surface area (TPSA) is 0 Å². The Morgan fingerprint density at radius 1 is 1.50 bits per heavy atom. The van der Waals surface area contributed by atoms with E-state index in [1.807, 2.05) is 20.8 Å². The van der Waals surface area contributed by atoms with Crippen LogP contribution in [-0.2, 0) is 0 Å². The molecule has 8 heavy (non-hydrogen) atoms. The highest BCUT2D eigenvalue weighted by Crippen LogP contribution is 2.23. The van der Waals surface area contributed by atoms with Crippen LogP contribution in [0.1, 0.15) is 20.8 Å². The van der Waals surface area contributed by atoms with Crippen LogP contribution in [0.4, 0.5) is 4.39 Å². The molecule has 0 radical (unpaired) electrons. The molecule has 1 unspecified atom stereocenters. The summed E-state index contributed by atoms with van der Waals surface area (Å²) in [6.07, 6.45) is -0.734. The van der Waals surface area contributed by atoms with Crippen molar-refractivity contribution in [2.45, 2.75) is 26.9 Å². The maximum absolute atomic E-state index is 12.6. The summed E-state index contributed by atoms with van der Waals surface area (Å²) in [5, 5.41) is 0.441. The van der Waals surface area contributed by atoms with Crippen molar-refractivity contribution in [3.05, 3.63) is 0 Å². The highest BCUT2D eigenvalue weighted by atomic mass is 79.9. The molecule has 0 nitrogen and oxygen atoms in total. The standard InChI is InChI=1S/C6H12BrF/c1-6(2,3)5(8)4-7/h5H,4H2,1-3H3. The molecule has 0 aliphatic heterocycles. The van der Waals surface area contributed by atoms with E-state index in [1.165, 1.54) is 0 Å². The Hall–Kier alpha value is 0.410. The third-order valence-electron chi connectivity index (χ3n) is 1.08. The SMILES string of the molecule is CC(C)(C)C(F)CBr. The van der Waals surface area contributed by atoms with Gasteiger partial charge >= 0.3 is 0 Å². The largest absolute Gasteiger partial charge is 0.246 e. The van der Waals surface area contributed by atoms with Crippen molar-refractivity contribution < 1.29 is 4.39 Å². The van der Waals surface area contributed by atoms with Gasteiger partial charge in [-0.1, -0.05) is 36.7 Å². The van der Waals surface area contributed by atoms with Crippen LogP contribution < -0.4 is 0 Å². The van der Waals surface area contributed by atoms with Crippen LogP contribution in [0.2, 0.25) is 0 Å². The molecule has 0 fully saturated rings. The van der Waals surface area contributed by atoms with Gasteiger partial charge in [-0.05, 0) is 5.41 Å². The fourth-order valence-electron chi connectivity index (χ4n) is 0.231. The lowest BCUT2D eigenvalue weighted by Crippen LogP contribution is -2.22. The molecule has 1 atom stereocenters. The molecule has 0 saturated carbocycles. The lowest BCUT2D eigenvalue weighted by Gasteiger charge is -2.20. The molecule has 0 rings (SSSR count). The van der Waals surface area contributed by atoms with Crippen molar-refractivity contribution in [3.63, 3.8) is 0 Å². The Labute approximate surface area is 58.6 Å². The van der Waals surface area contributed by atoms with Crippen molar-refractivity contribution in [2.24, 2.45) is 5.41 Å². The zero-order chi connectivity index (χ0) is 6.78. The van der Waals surface area contributed by atoms with Crippen LogP contribution in [0.5, 0.6) is 0 Å². The van der Waals surface area contributed by atoms with E-state index in [0.717, 1.165) is 0 Å². The zero-order valence-electron chi connectivity index (χ0n) is 5.54. The number of hydrogen-bond donors (Lipinski definition) is 0. The minimum absolute atomic E-state index is 0.205. The Morgan fingerprint density at radius 3 is 1.88 bits per heavy atom. The fraction of sp³-hybridized carbons (Fsp3) is 1.00. The van der Waals surface area contributed by atoms with E-state index in [1.54, 1.807) is 0 Å². The second kappa shape index (κ2) is 2.81. The Morgan fingerprint density at radius 2 is 1.88 bits per heavy atom. The van der Waals surface area contributed by atoms with Gasteiger partial charge in [-0.3, -0.25) is 0 Å². The molecule has 0 aliphatic rings. The third-order valence-corrected chi connectivity index (χ3v) is 1.64. The normalized spacial score (nSPS) is 16.1. The molecule has 0 heterocycles. The molecule has 50 valence electrons. The monoisotopic (exact) mass is 182 g/mol. The van der Waals surface area contributed by atoms with E-state index in [4.69, 9.17) is 0 Å². The molecular weight excluding hydrogens is 171 g/mol. The minimum atomic E-state index is -0.734. The molecule has 0 aliphatic carbocycles. The minimum Gasteiger partial charge on any atom is -0.246 e. The number of halogens is 2. The molecule has 0 N–H and O–H groups in total. The van der Waals surface area contributed by atoms with Gasteiger partial charge < -0.3 is 0 Å². The summed E-state index contributed by atoms with van der Waals surface area (Å²) in [6.45, 7) is 5.66.